The lowest BCUT2D eigenvalue weighted by Gasteiger charge is -2.18. The van der Waals surface area contributed by atoms with E-state index in [1.165, 1.54) is 173 Å². The Morgan fingerprint density at radius 3 is 0.824 bits per heavy atom. The van der Waals surface area contributed by atoms with Crippen molar-refractivity contribution in [2.45, 2.75) is 329 Å². The molecule has 0 rings (SSSR count). The SMILES string of the molecule is CC/C=C\C/C=C\C/C=C\C/C=C\C/C=C\C/C=C\CCCCCCC(=O)OCC(COC(=O)CCCCCCCCCCCC)OC(=O)CCCCCCCCCCCCCCCCCCCCCCCCC. The Hall–Kier alpha value is -3.15. The van der Waals surface area contributed by atoms with Gasteiger partial charge in [-0.1, -0.05) is 306 Å². The summed E-state index contributed by atoms with van der Waals surface area (Å²) in [6.45, 7) is 6.53. The van der Waals surface area contributed by atoms with Crippen molar-refractivity contribution in [1.29, 1.82) is 0 Å². The van der Waals surface area contributed by atoms with Crippen LogP contribution in [0.15, 0.2) is 72.9 Å². The molecule has 0 aromatic heterocycles. The van der Waals surface area contributed by atoms with Crippen LogP contribution in [0.3, 0.4) is 0 Å². The van der Waals surface area contributed by atoms with E-state index in [0.29, 0.717) is 19.3 Å². The fraction of sp³-hybridized carbons (Fsp3) is 0.779. The Bertz CT molecular complexity index is 1370. The van der Waals surface area contributed by atoms with Crippen LogP contribution in [0.2, 0.25) is 0 Å². The van der Waals surface area contributed by atoms with E-state index in [1.54, 1.807) is 0 Å². The molecular weight excluding hydrogens is 913 g/mol. The predicted molar refractivity (Wildman–Crippen MR) is 321 cm³/mol. The molecule has 0 fully saturated rings. The lowest BCUT2D eigenvalue weighted by atomic mass is 10.0. The molecule has 1 atom stereocenters. The molecular formula is C68H120O6. The fourth-order valence-electron chi connectivity index (χ4n) is 9.21. The summed E-state index contributed by atoms with van der Waals surface area (Å²) < 4.78 is 16.9. The molecule has 6 nitrogen and oxygen atoms in total. The zero-order chi connectivity index (χ0) is 53.6. The van der Waals surface area contributed by atoms with Crippen LogP contribution in [-0.2, 0) is 28.6 Å². The molecule has 6 heteroatoms. The van der Waals surface area contributed by atoms with Crippen molar-refractivity contribution in [2.75, 3.05) is 13.2 Å². The summed E-state index contributed by atoms with van der Waals surface area (Å²) >= 11 is 0. The van der Waals surface area contributed by atoms with Gasteiger partial charge >= 0.3 is 17.9 Å². The van der Waals surface area contributed by atoms with Gasteiger partial charge in [-0.15, -0.1) is 0 Å². The molecule has 0 heterocycles. The molecule has 0 bridgehead atoms. The quantitative estimate of drug-likeness (QED) is 0.0261. The number of hydrogen-bond acceptors (Lipinski definition) is 6. The summed E-state index contributed by atoms with van der Waals surface area (Å²) in [6.07, 6.45) is 80.6. The Balaban J connectivity index is 4.28. The van der Waals surface area contributed by atoms with Gasteiger partial charge in [0.15, 0.2) is 6.10 Å². The summed E-state index contributed by atoms with van der Waals surface area (Å²) in [6, 6.07) is 0. The van der Waals surface area contributed by atoms with Gasteiger partial charge in [0.1, 0.15) is 13.2 Å². The molecule has 0 spiro atoms. The number of hydrogen-bond donors (Lipinski definition) is 0. The number of unbranched alkanes of at least 4 members (excludes halogenated alkanes) is 35. The van der Waals surface area contributed by atoms with Gasteiger partial charge < -0.3 is 14.2 Å². The number of esters is 3. The molecule has 0 aromatic rings. The summed E-state index contributed by atoms with van der Waals surface area (Å²) in [7, 11) is 0. The fourth-order valence-corrected chi connectivity index (χ4v) is 9.21. The first-order chi connectivity index (χ1) is 36.5. The third-order valence-corrected chi connectivity index (χ3v) is 14.0. The normalized spacial score (nSPS) is 12.5. The van der Waals surface area contributed by atoms with E-state index in [2.05, 4.69) is 93.7 Å². The standard InChI is InChI=1S/C68H120O6/c1-4-7-10-13-16-19-22-24-26-28-30-32-34-36-38-40-42-44-46-49-52-55-58-61-67(70)73-64-65(63-72-66(69)60-57-54-51-48-21-18-15-12-9-6-3)74-68(71)62-59-56-53-50-47-45-43-41-39-37-35-33-31-29-27-25-23-20-17-14-11-8-5-2/h7,10,16,19,24,26,30,32,36,38,42,44,65H,4-6,8-9,11-15,17-18,20-23,25,27-29,31,33-35,37,39-41,43,45-64H2,1-3H3/b10-7-,19-16-,26-24-,32-30-,38-36-,44-42-. The average Bonchev–Trinajstić information content (AvgIpc) is 3.40. The van der Waals surface area contributed by atoms with Crippen LogP contribution in [0.25, 0.3) is 0 Å². The van der Waals surface area contributed by atoms with Gasteiger partial charge in [0.25, 0.3) is 0 Å². The maximum absolute atomic E-state index is 12.9. The molecule has 0 aliphatic rings. The number of allylic oxidation sites excluding steroid dienone is 12. The summed E-state index contributed by atoms with van der Waals surface area (Å²) in [5, 5.41) is 0. The van der Waals surface area contributed by atoms with Crippen molar-refractivity contribution >= 4 is 17.9 Å². The summed E-state index contributed by atoms with van der Waals surface area (Å²) in [4.78, 5) is 38.2. The summed E-state index contributed by atoms with van der Waals surface area (Å²) in [5.41, 5.74) is 0. The first-order valence-electron chi connectivity index (χ1n) is 31.9. The van der Waals surface area contributed by atoms with Crippen molar-refractivity contribution in [3.63, 3.8) is 0 Å². The molecule has 74 heavy (non-hydrogen) atoms. The van der Waals surface area contributed by atoms with Crippen molar-refractivity contribution < 1.29 is 28.6 Å². The van der Waals surface area contributed by atoms with E-state index in [9.17, 15) is 14.4 Å². The lowest BCUT2D eigenvalue weighted by molar-refractivity contribution is -0.167. The Morgan fingerprint density at radius 2 is 0.527 bits per heavy atom. The Labute approximate surface area is 459 Å². The van der Waals surface area contributed by atoms with Crippen molar-refractivity contribution in [2.24, 2.45) is 0 Å². The van der Waals surface area contributed by atoms with Gasteiger partial charge in [-0.25, -0.2) is 0 Å². The Kier molecular flexibility index (Phi) is 59.7. The van der Waals surface area contributed by atoms with Crippen LogP contribution in [0, 0.1) is 0 Å². The molecule has 0 radical (unpaired) electrons. The minimum atomic E-state index is -0.783. The third kappa shape index (κ3) is 59.7. The number of carbonyl (C=O) groups is 3. The topological polar surface area (TPSA) is 78.9 Å². The van der Waals surface area contributed by atoms with Crippen LogP contribution >= 0.6 is 0 Å². The van der Waals surface area contributed by atoms with Gasteiger partial charge in [0.2, 0.25) is 0 Å². The van der Waals surface area contributed by atoms with E-state index in [-0.39, 0.29) is 31.1 Å². The van der Waals surface area contributed by atoms with Crippen LogP contribution in [0.4, 0.5) is 0 Å². The smallest absolute Gasteiger partial charge is 0.306 e. The lowest BCUT2D eigenvalue weighted by Crippen LogP contribution is -2.30. The molecule has 1 unspecified atom stereocenters. The zero-order valence-electron chi connectivity index (χ0n) is 49.1. The van der Waals surface area contributed by atoms with Crippen molar-refractivity contribution in [3.8, 4) is 0 Å². The van der Waals surface area contributed by atoms with E-state index in [1.807, 2.05) is 0 Å². The first-order valence-corrected chi connectivity index (χ1v) is 31.9. The maximum Gasteiger partial charge on any atom is 0.306 e. The average molecular weight is 1030 g/mol. The first kappa shape index (κ1) is 70.8. The number of rotatable bonds is 58. The van der Waals surface area contributed by atoms with Gasteiger partial charge in [0.05, 0.1) is 0 Å². The van der Waals surface area contributed by atoms with Crippen molar-refractivity contribution in [3.05, 3.63) is 72.9 Å². The second-order valence-electron chi connectivity index (χ2n) is 21.3. The van der Waals surface area contributed by atoms with Gasteiger partial charge in [0, 0.05) is 19.3 Å². The van der Waals surface area contributed by atoms with Gasteiger partial charge in [-0.05, 0) is 70.6 Å². The Morgan fingerprint density at radius 1 is 0.284 bits per heavy atom. The highest BCUT2D eigenvalue weighted by atomic mass is 16.6. The minimum Gasteiger partial charge on any atom is -0.462 e. The van der Waals surface area contributed by atoms with E-state index in [4.69, 9.17) is 14.2 Å². The van der Waals surface area contributed by atoms with Crippen molar-refractivity contribution in [1.82, 2.24) is 0 Å². The van der Waals surface area contributed by atoms with E-state index in [0.717, 1.165) is 109 Å². The molecule has 428 valence electrons. The largest absolute Gasteiger partial charge is 0.462 e. The second kappa shape index (κ2) is 62.4. The minimum absolute atomic E-state index is 0.0798. The molecule has 0 aliphatic heterocycles. The molecule has 0 saturated carbocycles. The highest BCUT2D eigenvalue weighted by Crippen LogP contribution is 2.17. The third-order valence-electron chi connectivity index (χ3n) is 14.0. The van der Waals surface area contributed by atoms with Gasteiger partial charge in [-0.2, -0.15) is 0 Å². The van der Waals surface area contributed by atoms with Crippen LogP contribution < -0.4 is 0 Å². The second-order valence-corrected chi connectivity index (χ2v) is 21.3. The number of ether oxygens (including phenoxy) is 3. The van der Waals surface area contributed by atoms with Gasteiger partial charge in [-0.3, -0.25) is 14.4 Å². The monoisotopic (exact) mass is 1030 g/mol. The maximum atomic E-state index is 12.9. The molecule has 0 amide bonds. The van der Waals surface area contributed by atoms with E-state index < -0.39 is 6.10 Å². The highest BCUT2D eigenvalue weighted by Gasteiger charge is 2.19. The number of carbonyl (C=O) groups excluding carboxylic acids is 3. The van der Waals surface area contributed by atoms with Crippen LogP contribution in [0.1, 0.15) is 323 Å². The van der Waals surface area contributed by atoms with Crippen LogP contribution in [-0.4, -0.2) is 37.2 Å². The highest BCUT2D eigenvalue weighted by molar-refractivity contribution is 5.71. The van der Waals surface area contributed by atoms with E-state index >= 15 is 0 Å². The molecule has 0 aliphatic carbocycles. The summed E-state index contributed by atoms with van der Waals surface area (Å²) in [5.74, 6) is -0.891. The predicted octanol–water partition coefficient (Wildman–Crippen LogP) is 21.7. The molecule has 0 aromatic carbocycles. The molecule has 0 saturated heterocycles. The molecule has 0 N–H and O–H groups in total. The van der Waals surface area contributed by atoms with Crippen LogP contribution in [0.5, 0.6) is 0 Å². The zero-order valence-corrected chi connectivity index (χ0v) is 49.1.